The van der Waals surface area contributed by atoms with Crippen molar-refractivity contribution in [2.75, 3.05) is 0 Å². The molecular formula is C8H5BrF5NO. The van der Waals surface area contributed by atoms with Crippen LogP contribution in [0.1, 0.15) is 23.4 Å². The van der Waals surface area contributed by atoms with Gasteiger partial charge >= 0.3 is 6.18 Å². The third kappa shape index (κ3) is 2.60. The van der Waals surface area contributed by atoms with Gasteiger partial charge in [-0.1, -0.05) is 15.9 Å². The molecule has 1 rings (SSSR count). The van der Waals surface area contributed by atoms with E-state index >= 15 is 0 Å². The third-order valence-electron chi connectivity index (χ3n) is 1.75. The first-order valence-corrected chi connectivity index (χ1v) is 5.03. The van der Waals surface area contributed by atoms with Crippen LogP contribution in [-0.4, -0.2) is 10.1 Å². The van der Waals surface area contributed by atoms with E-state index in [2.05, 4.69) is 20.9 Å². The van der Waals surface area contributed by atoms with Crippen LogP contribution in [0.15, 0.2) is 6.07 Å². The number of alkyl halides is 6. The molecule has 0 bridgehead atoms. The Kier molecular flexibility index (Phi) is 3.72. The minimum Gasteiger partial charge on any atom is -0.506 e. The van der Waals surface area contributed by atoms with Crippen molar-refractivity contribution in [1.82, 2.24) is 4.98 Å². The number of hydrogen-bond donors (Lipinski definition) is 1. The lowest BCUT2D eigenvalue weighted by molar-refractivity contribution is -0.140. The molecule has 90 valence electrons. The molecule has 0 radical (unpaired) electrons. The molecule has 0 aromatic carbocycles. The standard InChI is InChI=1S/C8H5BrF5NO/c9-2-4-5(16)1-3(8(12,13)14)6(15-4)7(10)11/h1,7,16H,2H2. The quantitative estimate of drug-likeness (QED) is 0.668. The predicted octanol–water partition coefficient (Wildman–Crippen LogP) is 3.64. The Balaban J connectivity index is 3.42. The van der Waals surface area contributed by atoms with Gasteiger partial charge in [0.15, 0.2) is 0 Å². The summed E-state index contributed by atoms with van der Waals surface area (Å²) in [5.41, 5.74) is -3.26. The maximum Gasteiger partial charge on any atom is 0.418 e. The zero-order valence-corrected chi connectivity index (χ0v) is 9.11. The van der Waals surface area contributed by atoms with E-state index in [-0.39, 0.29) is 17.1 Å². The van der Waals surface area contributed by atoms with Crippen molar-refractivity contribution in [1.29, 1.82) is 0 Å². The SMILES string of the molecule is Oc1cc(C(F)(F)F)c(C(F)F)nc1CBr. The van der Waals surface area contributed by atoms with Gasteiger partial charge in [0.2, 0.25) is 0 Å². The fourth-order valence-corrected chi connectivity index (χ4v) is 1.46. The van der Waals surface area contributed by atoms with E-state index in [0.29, 0.717) is 0 Å². The minimum atomic E-state index is -4.97. The highest BCUT2D eigenvalue weighted by molar-refractivity contribution is 9.08. The molecule has 1 heterocycles. The lowest BCUT2D eigenvalue weighted by Crippen LogP contribution is -2.12. The molecule has 1 aromatic heterocycles. The topological polar surface area (TPSA) is 33.1 Å². The minimum absolute atomic E-state index is 0.114. The molecule has 2 nitrogen and oxygen atoms in total. The van der Waals surface area contributed by atoms with E-state index < -0.39 is 29.6 Å². The number of aromatic nitrogens is 1. The fourth-order valence-electron chi connectivity index (χ4n) is 1.05. The molecule has 0 aliphatic heterocycles. The Morgan fingerprint density at radius 2 is 1.94 bits per heavy atom. The highest BCUT2D eigenvalue weighted by atomic mass is 79.9. The molecule has 1 N–H and O–H groups in total. The summed E-state index contributed by atoms with van der Waals surface area (Å²) in [6.45, 7) is 0. The van der Waals surface area contributed by atoms with Crippen LogP contribution in [0.25, 0.3) is 0 Å². The first-order chi connectivity index (χ1) is 7.27. The van der Waals surface area contributed by atoms with Gasteiger partial charge < -0.3 is 5.11 Å². The van der Waals surface area contributed by atoms with Crippen LogP contribution in [0.4, 0.5) is 22.0 Å². The maximum atomic E-state index is 12.3. The van der Waals surface area contributed by atoms with Gasteiger partial charge in [0.25, 0.3) is 6.43 Å². The maximum absolute atomic E-state index is 12.3. The molecule has 1 aromatic rings. The van der Waals surface area contributed by atoms with Crippen molar-refractivity contribution in [2.24, 2.45) is 0 Å². The van der Waals surface area contributed by atoms with E-state index in [0.717, 1.165) is 0 Å². The Morgan fingerprint density at radius 3 is 2.31 bits per heavy atom. The summed E-state index contributed by atoms with van der Waals surface area (Å²) < 4.78 is 61.7. The van der Waals surface area contributed by atoms with E-state index in [4.69, 9.17) is 5.11 Å². The summed E-state index contributed by atoms with van der Waals surface area (Å²) >= 11 is 2.82. The number of aromatic hydroxyl groups is 1. The molecule has 8 heteroatoms. The Labute approximate surface area is 95.2 Å². The molecule has 0 fully saturated rings. The van der Waals surface area contributed by atoms with Gasteiger partial charge in [0.05, 0.1) is 11.3 Å². The molecular weight excluding hydrogens is 301 g/mol. The number of hydrogen-bond acceptors (Lipinski definition) is 2. The molecule has 0 saturated carbocycles. The van der Waals surface area contributed by atoms with Crippen LogP contribution in [0.2, 0.25) is 0 Å². The van der Waals surface area contributed by atoms with Crippen molar-refractivity contribution in [3.8, 4) is 5.75 Å². The summed E-state index contributed by atoms with van der Waals surface area (Å²) in [5, 5.41) is 9.01. The monoisotopic (exact) mass is 305 g/mol. The van der Waals surface area contributed by atoms with Gasteiger partial charge in [-0.15, -0.1) is 0 Å². The van der Waals surface area contributed by atoms with E-state index in [1.165, 1.54) is 0 Å². The van der Waals surface area contributed by atoms with Crippen LogP contribution in [0, 0.1) is 0 Å². The average molecular weight is 306 g/mol. The highest BCUT2D eigenvalue weighted by Crippen LogP contribution is 2.38. The lowest BCUT2D eigenvalue weighted by Gasteiger charge is -2.13. The van der Waals surface area contributed by atoms with Crippen molar-refractivity contribution < 1.29 is 27.1 Å². The zero-order valence-electron chi connectivity index (χ0n) is 7.52. The van der Waals surface area contributed by atoms with Crippen molar-refractivity contribution in [3.05, 3.63) is 23.0 Å². The smallest absolute Gasteiger partial charge is 0.418 e. The molecule has 0 aliphatic carbocycles. The van der Waals surface area contributed by atoms with Crippen molar-refractivity contribution in [2.45, 2.75) is 17.9 Å². The van der Waals surface area contributed by atoms with Gasteiger partial charge in [0, 0.05) is 5.33 Å². The Hall–Kier alpha value is -0.920. The molecule has 0 amide bonds. The fraction of sp³-hybridized carbons (Fsp3) is 0.375. The van der Waals surface area contributed by atoms with Gasteiger partial charge in [-0.25, -0.2) is 13.8 Å². The molecule has 16 heavy (non-hydrogen) atoms. The normalized spacial score (nSPS) is 12.2. The predicted molar refractivity (Wildman–Crippen MR) is 48.5 cm³/mol. The van der Waals surface area contributed by atoms with Crippen LogP contribution < -0.4 is 0 Å². The van der Waals surface area contributed by atoms with Gasteiger partial charge in [-0.3, -0.25) is 0 Å². The second-order valence-electron chi connectivity index (χ2n) is 2.82. The molecule has 0 saturated heterocycles. The lowest BCUT2D eigenvalue weighted by atomic mass is 10.1. The van der Waals surface area contributed by atoms with Gasteiger partial charge in [-0.2, -0.15) is 13.2 Å². The summed E-state index contributed by atoms with van der Waals surface area (Å²) in [6, 6.07) is 0.255. The molecule has 0 atom stereocenters. The summed E-state index contributed by atoms with van der Waals surface area (Å²) in [4.78, 5) is 3.09. The van der Waals surface area contributed by atoms with E-state index in [1.54, 1.807) is 0 Å². The van der Waals surface area contributed by atoms with Crippen molar-refractivity contribution >= 4 is 15.9 Å². The van der Waals surface area contributed by atoms with Gasteiger partial charge in [0.1, 0.15) is 11.4 Å². The number of pyridine rings is 1. The zero-order chi connectivity index (χ0) is 12.5. The summed E-state index contributed by atoms with van der Waals surface area (Å²) in [5.74, 6) is -0.770. The second kappa shape index (κ2) is 4.52. The molecule has 0 spiro atoms. The summed E-state index contributed by atoms with van der Waals surface area (Å²) in [7, 11) is 0. The number of nitrogens with zero attached hydrogens (tertiary/aromatic N) is 1. The number of rotatable bonds is 2. The van der Waals surface area contributed by atoms with Crippen LogP contribution in [0.3, 0.4) is 0 Å². The van der Waals surface area contributed by atoms with Crippen LogP contribution in [-0.2, 0) is 11.5 Å². The van der Waals surface area contributed by atoms with Crippen molar-refractivity contribution in [3.63, 3.8) is 0 Å². The van der Waals surface area contributed by atoms with E-state index in [1.807, 2.05) is 0 Å². The summed E-state index contributed by atoms with van der Waals surface area (Å²) in [6.07, 6.45) is -8.32. The van der Waals surface area contributed by atoms with Crippen LogP contribution >= 0.6 is 15.9 Å². The average Bonchev–Trinajstić information content (AvgIpc) is 2.15. The largest absolute Gasteiger partial charge is 0.506 e. The first-order valence-electron chi connectivity index (χ1n) is 3.91. The molecule has 0 unspecified atom stereocenters. The van der Waals surface area contributed by atoms with Crippen LogP contribution in [0.5, 0.6) is 5.75 Å². The third-order valence-corrected chi connectivity index (χ3v) is 2.28. The Bertz CT molecular complexity index is 393. The highest BCUT2D eigenvalue weighted by Gasteiger charge is 2.37. The second-order valence-corrected chi connectivity index (χ2v) is 3.38. The Morgan fingerprint density at radius 1 is 1.38 bits per heavy atom. The molecule has 0 aliphatic rings. The first kappa shape index (κ1) is 13.1. The van der Waals surface area contributed by atoms with Gasteiger partial charge in [-0.05, 0) is 6.07 Å². The number of halogens is 6. The van der Waals surface area contributed by atoms with E-state index in [9.17, 15) is 22.0 Å².